The lowest BCUT2D eigenvalue weighted by atomic mass is 9.99. The number of aryl methyl sites for hydroxylation is 1. The number of likely N-dealkylation sites (tertiary alicyclic amines) is 1. The van der Waals surface area contributed by atoms with Gasteiger partial charge < -0.3 is 9.47 Å². The normalized spacial score (nSPS) is 24.8. The van der Waals surface area contributed by atoms with Crippen LogP contribution in [0.15, 0.2) is 35.6 Å². The molecule has 1 aromatic carbocycles. The number of rotatable bonds is 4. The summed E-state index contributed by atoms with van der Waals surface area (Å²) >= 11 is 0. The predicted octanol–water partition coefficient (Wildman–Crippen LogP) is 3.37. The van der Waals surface area contributed by atoms with Crippen LogP contribution in [0.5, 0.6) is 0 Å². The van der Waals surface area contributed by atoms with Crippen LogP contribution < -0.4 is 0 Å². The zero-order valence-electron chi connectivity index (χ0n) is 14.2. The molecule has 0 bridgehead atoms. The smallest absolute Gasteiger partial charge is 0.337 e. The van der Waals surface area contributed by atoms with Crippen molar-refractivity contribution in [3.05, 3.63) is 46.7 Å². The van der Waals surface area contributed by atoms with Crippen molar-refractivity contribution in [1.29, 1.82) is 0 Å². The van der Waals surface area contributed by atoms with E-state index < -0.39 is 0 Å². The fourth-order valence-corrected chi connectivity index (χ4v) is 3.81. The number of nitrogens with zero attached hydrogens (tertiary/aromatic N) is 1. The standard InChI is InChI=1S/C19H25NO3/c1-13-7-4-5-8-16(13)18-9-6-10-20(18)12-15-11-17(14(2)23-15)19(21)22-3/h4-5,7-8,15,18H,6,9-12H2,1-3H3/t15-,18-/m1/s1. The van der Waals surface area contributed by atoms with Gasteiger partial charge in [-0.05, 0) is 44.4 Å². The highest BCUT2D eigenvalue weighted by atomic mass is 16.5. The van der Waals surface area contributed by atoms with Crippen LogP contribution in [0.25, 0.3) is 0 Å². The highest BCUT2D eigenvalue weighted by Gasteiger charge is 2.34. The molecule has 2 atom stereocenters. The molecule has 0 unspecified atom stereocenters. The number of benzene rings is 1. The maximum absolute atomic E-state index is 11.8. The molecule has 4 heteroatoms. The molecule has 0 aliphatic carbocycles. The zero-order valence-corrected chi connectivity index (χ0v) is 14.2. The summed E-state index contributed by atoms with van der Waals surface area (Å²) in [6.45, 7) is 5.98. The van der Waals surface area contributed by atoms with Crippen LogP contribution in [-0.4, -0.2) is 37.2 Å². The Morgan fingerprint density at radius 3 is 2.87 bits per heavy atom. The number of methoxy groups -OCH3 is 1. The van der Waals surface area contributed by atoms with E-state index in [9.17, 15) is 4.79 Å². The Balaban J connectivity index is 1.67. The summed E-state index contributed by atoms with van der Waals surface area (Å²) in [6.07, 6.45) is 3.10. The van der Waals surface area contributed by atoms with Gasteiger partial charge in [0.1, 0.15) is 11.9 Å². The lowest BCUT2D eigenvalue weighted by Crippen LogP contribution is -2.32. The average molecular weight is 315 g/mol. The Morgan fingerprint density at radius 1 is 1.35 bits per heavy atom. The van der Waals surface area contributed by atoms with Gasteiger partial charge in [-0.1, -0.05) is 24.3 Å². The van der Waals surface area contributed by atoms with Gasteiger partial charge in [-0.2, -0.15) is 0 Å². The molecule has 0 spiro atoms. The van der Waals surface area contributed by atoms with Crippen molar-refractivity contribution in [1.82, 2.24) is 4.90 Å². The van der Waals surface area contributed by atoms with E-state index in [0.29, 0.717) is 23.8 Å². The van der Waals surface area contributed by atoms with E-state index in [0.717, 1.165) is 13.1 Å². The van der Waals surface area contributed by atoms with Gasteiger partial charge in [0.2, 0.25) is 0 Å². The molecule has 1 saturated heterocycles. The fourth-order valence-electron chi connectivity index (χ4n) is 3.81. The molecule has 23 heavy (non-hydrogen) atoms. The van der Waals surface area contributed by atoms with Gasteiger partial charge in [0.15, 0.2) is 0 Å². The SMILES string of the molecule is COC(=O)C1=C(C)O[C@@H](CN2CCC[C@@H]2c2ccccc2C)C1. The molecule has 124 valence electrons. The van der Waals surface area contributed by atoms with E-state index >= 15 is 0 Å². The van der Waals surface area contributed by atoms with E-state index in [1.165, 1.54) is 31.1 Å². The average Bonchev–Trinajstić information content (AvgIpc) is 3.14. The molecule has 0 radical (unpaired) electrons. The molecule has 2 aliphatic rings. The maximum atomic E-state index is 11.8. The first-order chi connectivity index (χ1) is 11.1. The third-order valence-corrected chi connectivity index (χ3v) is 4.98. The summed E-state index contributed by atoms with van der Waals surface area (Å²) in [5.41, 5.74) is 3.45. The van der Waals surface area contributed by atoms with Gasteiger partial charge in [0, 0.05) is 19.0 Å². The van der Waals surface area contributed by atoms with E-state index in [1.54, 1.807) is 0 Å². The van der Waals surface area contributed by atoms with Crippen molar-refractivity contribution in [2.45, 2.75) is 45.3 Å². The first-order valence-corrected chi connectivity index (χ1v) is 8.34. The minimum atomic E-state index is -0.262. The van der Waals surface area contributed by atoms with Gasteiger partial charge in [-0.3, -0.25) is 4.90 Å². The third-order valence-electron chi connectivity index (χ3n) is 4.98. The van der Waals surface area contributed by atoms with Crippen molar-refractivity contribution in [3.8, 4) is 0 Å². The topological polar surface area (TPSA) is 38.8 Å². The molecule has 2 heterocycles. The molecule has 0 saturated carbocycles. The number of hydrogen-bond acceptors (Lipinski definition) is 4. The molecule has 2 aliphatic heterocycles. The van der Waals surface area contributed by atoms with E-state index in [4.69, 9.17) is 9.47 Å². The van der Waals surface area contributed by atoms with Crippen LogP contribution in [0.1, 0.15) is 43.4 Å². The van der Waals surface area contributed by atoms with Gasteiger partial charge in [0.05, 0.1) is 12.7 Å². The Kier molecular flexibility index (Phi) is 4.71. The quantitative estimate of drug-likeness (QED) is 0.799. The Labute approximate surface area is 138 Å². The molecule has 1 aromatic rings. The number of esters is 1. The number of hydrogen-bond donors (Lipinski definition) is 0. The highest BCUT2D eigenvalue weighted by Crippen LogP contribution is 2.35. The Hall–Kier alpha value is -1.81. The lowest BCUT2D eigenvalue weighted by molar-refractivity contribution is -0.136. The summed E-state index contributed by atoms with van der Waals surface area (Å²) in [7, 11) is 1.42. The van der Waals surface area contributed by atoms with Crippen LogP contribution >= 0.6 is 0 Å². The van der Waals surface area contributed by atoms with Gasteiger partial charge >= 0.3 is 5.97 Å². The summed E-state index contributed by atoms with van der Waals surface area (Å²) in [4.78, 5) is 14.3. The third kappa shape index (κ3) is 3.27. The molecule has 3 rings (SSSR count). The van der Waals surface area contributed by atoms with Crippen molar-refractivity contribution in [3.63, 3.8) is 0 Å². The van der Waals surface area contributed by atoms with E-state index in [-0.39, 0.29) is 12.1 Å². The Morgan fingerprint density at radius 2 is 2.13 bits per heavy atom. The van der Waals surface area contributed by atoms with Crippen molar-refractivity contribution in [2.75, 3.05) is 20.2 Å². The molecular weight excluding hydrogens is 290 g/mol. The number of carbonyl (C=O) groups excluding carboxylic acids is 1. The van der Waals surface area contributed by atoms with Crippen LogP contribution in [0, 0.1) is 6.92 Å². The summed E-state index contributed by atoms with van der Waals surface area (Å²) < 4.78 is 10.7. The summed E-state index contributed by atoms with van der Waals surface area (Å²) in [5, 5.41) is 0. The first kappa shape index (κ1) is 16.1. The molecule has 4 nitrogen and oxygen atoms in total. The van der Waals surface area contributed by atoms with E-state index in [1.807, 2.05) is 6.92 Å². The minimum absolute atomic E-state index is 0.0497. The molecular formula is C19H25NO3. The van der Waals surface area contributed by atoms with Gasteiger partial charge in [-0.15, -0.1) is 0 Å². The van der Waals surface area contributed by atoms with E-state index in [2.05, 4.69) is 36.1 Å². The summed E-state index contributed by atoms with van der Waals surface area (Å²) in [5.74, 6) is 0.454. The number of ether oxygens (including phenoxy) is 2. The van der Waals surface area contributed by atoms with Crippen LogP contribution in [-0.2, 0) is 14.3 Å². The predicted molar refractivity (Wildman–Crippen MR) is 88.9 cm³/mol. The molecule has 0 N–H and O–H groups in total. The second-order valence-electron chi connectivity index (χ2n) is 6.48. The van der Waals surface area contributed by atoms with Gasteiger partial charge in [0.25, 0.3) is 0 Å². The molecule has 0 amide bonds. The van der Waals surface area contributed by atoms with Crippen molar-refractivity contribution in [2.24, 2.45) is 0 Å². The fraction of sp³-hybridized carbons (Fsp3) is 0.526. The second kappa shape index (κ2) is 6.75. The van der Waals surface area contributed by atoms with Crippen molar-refractivity contribution >= 4 is 5.97 Å². The lowest BCUT2D eigenvalue weighted by Gasteiger charge is -2.28. The molecule has 1 fully saturated rings. The molecule has 0 aromatic heterocycles. The van der Waals surface area contributed by atoms with Crippen LogP contribution in [0.4, 0.5) is 0 Å². The maximum Gasteiger partial charge on any atom is 0.337 e. The number of carbonyl (C=O) groups is 1. The monoisotopic (exact) mass is 315 g/mol. The first-order valence-electron chi connectivity index (χ1n) is 8.34. The minimum Gasteiger partial charge on any atom is -0.493 e. The zero-order chi connectivity index (χ0) is 16.4. The van der Waals surface area contributed by atoms with Crippen molar-refractivity contribution < 1.29 is 14.3 Å². The van der Waals surface area contributed by atoms with Crippen LogP contribution in [0.2, 0.25) is 0 Å². The van der Waals surface area contributed by atoms with Gasteiger partial charge in [-0.25, -0.2) is 4.79 Å². The highest BCUT2D eigenvalue weighted by molar-refractivity contribution is 5.89. The Bertz CT molecular complexity index is 623. The summed E-state index contributed by atoms with van der Waals surface area (Å²) in [6, 6.07) is 9.08. The number of allylic oxidation sites excluding steroid dienone is 1. The van der Waals surface area contributed by atoms with Crippen LogP contribution in [0.3, 0.4) is 0 Å². The largest absolute Gasteiger partial charge is 0.493 e. The second-order valence-corrected chi connectivity index (χ2v) is 6.48.